The minimum atomic E-state index is -0.811. The van der Waals surface area contributed by atoms with Crippen LogP contribution in [0.15, 0.2) is 24.3 Å². The summed E-state index contributed by atoms with van der Waals surface area (Å²) in [5.74, 6) is 0.869. The maximum absolute atomic E-state index is 10.3. The fraction of sp³-hybridized carbons (Fsp3) is 0.125. The van der Waals surface area contributed by atoms with Crippen LogP contribution in [0.2, 0.25) is 0 Å². The maximum Gasteiger partial charge on any atom is 0.409 e. The number of nitrogens with two attached hydrogens (primary N) is 1. The molecule has 0 aliphatic carbocycles. The number of ether oxygens (including phenoxy) is 1. The van der Waals surface area contributed by atoms with Crippen molar-refractivity contribution in [3.05, 3.63) is 29.8 Å². The predicted octanol–water partition coefficient (Wildman–Crippen LogP) is 1.88. The number of benzene rings is 1. The van der Waals surface area contributed by atoms with Gasteiger partial charge in [-0.05, 0) is 17.7 Å². The monoisotopic (exact) mass is 185 g/mol. The number of amides is 1. The lowest BCUT2D eigenvalue weighted by Crippen LogP contribution is -2.16. The summed E-state index contributed by atoms with van der Waals surface area (Å²) >= 11 is 5.55. The Balaban J connectivity index is 2.71. The van der Waals surface area contributed by atoms with E-state index in [0.29, 0.717) is 11.6 Å². The van der Waals surface area contributed by atoms with Crippen molar-refractivity contribution in [2.45, 2.75) is 5.88 Å². The van der Waals surface area contributed by atoms with Gasteiger partial charge < -0.3 is 10.5 Å². The molecule has 0 bridgehead atoms. The number of alkyl halides is 1. The third-order valence-electron chi connectivity index (χ3n) is 1.30. The second-order valence-electron chi connectivity index (χ2n) is 2.20. The molecular weight excluding hydrogens is 178 g/mol. The van der Waals surface area contributed by atoms with Gasteiger partial charge in [-0.2, -0.15) is 0 Å². The fourth-order valence-electron chi connectivity index (χ4n) is 0.763. The molecular formula is C8H8ClNO2. The summed E-state index contributed by atoms with van der Waals surface area (Å²) in [6.45, 7) is 0. The molecule has 0 aliphatic heterocycles. The highest BCUT2D eigenvalue weighted by Crippen LogP contribution is 2.12. The van der Waals surface area contributed by atoms with E-state index < -0.39 is 6.09 Å². The molecule has 0 spiro atoms. The summed E-state index contributed by atoms with van der Waals surface area (Å²) in [7, 11) is 0. The van der Waals surface area contributed by atoms with Gasteiger partial charge >= 0.3 is 6.09 Å². The van der Waals surface area contributed by atoms with E-state index in [1.807, 2.05) is 0 Å². The molecule has 0 unspecified atom stereocenters. The largest absolute Gasteiger partial charge is 0.411 e. The van der Waals surface area contributed by atoms with Crippen molar-refractivity contribution in [2.24, 2.45) is 5.73 Å². The molecule has 0 aliphatic rings. The lowest BCUT2D eigenvalue weighted by Gasteiger charge is -2.00. The van der Waals surface area contributed by atoms with E-state index in [9.17, 15) is 4.79 Å². The van der Waals surface area contributed by atoms with Crippen molar-refractivity contribution in [1.82, 2.24) is 0 Å². The molecule has 1 aromatic rings. The molecule has 0 fully saturated rings. The van der Waals surface area contributed by atoms with Crippen molar-refractivity contribution in [1.29, 1.82) is 0 Å². The summed E-state index contributed by atoms with van der Waals surface area (Å²) in [5, 5.41) is 0. The van der Waals surface area contributed by atoms with Crippen LogP contribution >= 0.6 is 11.6 Å². The summed E-state index contributed by atoms with van der Waals surface area (Å²) in [6.07, 6.45) is -0.811. The average Bonchev–Trinajstić information content (AvgIpc) is 2.05. The number of carbonyl (C=O) groups excluding carboxylic acids is 1. The summed E-state index contributed by atoms with van der Waals surface area (Å²) in [6, 6.07) is 6.82. The van der Waals surface area contributed by atoms with Crippen LogP contribution in [0, 0.1) is 0 Å². The Morgan fingerprint density at radius 3 is 2.42 bits per heavy atom. The van der Waals surface area contributed by atoms with Crippen molar-refractivity contribution < 1.29 is 9.53 Å². The molecule has 0 atom stereocenters. The number of hydrogen-bond acceptors (Lipinski definition) is 2. The molecule has 4 heteroatoms. The molecule has 1 aromatic carbocycles. The molecule has 3 nitrogen and oxygen atoms in total. The Kier molecular flexibility index (Phi) is 2.94. The third kappa shape index (κ3) is 2.43. The van der Waals surface area contributed by atoms with E-state index in [1.165, 1.54) is 0 Å². The first-order chi connectivity index (χ1) is 5.72. The van der Waals surface area contributed by atoms with E-state index in [0.717, 1.165) is 5.56 Å². The summed E-state index contributed by atoms with van der Waals surface area (Å²) < 4.78 is 4.61. The van der Waals surface area contributed by atoms with Crippen LogP contribution in [0.3, 0.4) is 0 Å². The number of hydrogen-bond donors (Lipinski definition) is 1. The molecule has 0 aromatic heterocycles. The second-order valence-corrected chi connectivity index (χ2v) is 2.47. The Bertz CT molecular complexity index is 271. The van der Waals surface area contributed by atoms with Crippen LogP contribution in [0.1, 0.15) is 5.56 Å². The first kappa shape index (κ1) is 8.87. The Morgan fingerprint density at radius 1 is 1.42 bits per heavy atom. The Hall–Kier alpha value is -1.22. The first-order valence-corrected chi connectivity index (χ1v) is 3.88. The maximum atomic E-state index is 10.3. The van der Waals surface area contributed by atoms with Gasteiger partial charge in [0.25, 0.3) is 0 Å². The average molecular weight is 186 g/mol. The molecule has 12 heavy (non-hydrogen) atoms. The fourth-order valence-corrected chi connectivity index (χ4v) is 0.941. The summed E-state index contributed by atoms with van der Waals surface area (Å²) in [4.78, 5) is 10.3. The van der Waals surface area contributed by atoms with Gasteiger partial charge in [0.1, 0.15) is 5.75 Å². The first-order valence-electron chi connectivity index (χ1n) is 3.34. The standard InChI is InChI=1S/C8H8ClNO2/c9-5-6-1-3-7(4-2-6)12-8(10)11/h1-4H,5H2,(H2,10,11). The van der Waals surface area contributed by atoms with Crippen molar-refractivity contribution in [2.75, 3.05) is 0 Å². The Labute approximate surface area is 75.1 Å². The molecule has 0 saturated carbocycles. The number of halogens is 1. The zero-order chi connectivity index (χ0) is 8.97. The third-order valence-corrected chi connectivity index (χ3v) is 1.60. The van der Waals surface area contributed by atoms with E-state index >= 15 is 0 Å². The molecule has 2 N–H and O–H groups in total. The lowest BCUT2D eigenvalue weighted by molar-refractivity contribution is 0.211. The highest BCUT2D eigenvalue weighted by Gasteiger charge is 1.97. The molecule has 0 radical (unpaired) electrons. The van der Waals surface area contributed by atoms with Crippen molar-refractivity contribution in [3.63, 3.8) is 0 Å². The van der Waals surface area contributed by atoms with Crippen LogP contribution in [-0.4, -0.2) is 6.09 Å². The SMILES string of the molecule is NC(=O)Oc1ccc(CCl)cc1. The van der Waals surface area contributed by atoms with E-state index in [2.05, 4.69) is 4.74 Å². The Morgan fingerprint density at radius 2 is 2.00 bits per heavy atom. The number of rotatable bonds is 2. The van der Waals surface area contributed by atoms with Gasteiger partial charge in [-0.3, -0.25) is 0 Å². The van der Waals surface area contributed by atoms with Crippen molar-refractivity contribution >= 4 is 17.7 Å². The van der Waals surface area contributed by atoms with Gasteiger partial charge in [0, 0.05) is 5.88 Å². The van der Waals surface area contributed by atoms with E-state index in [-0.39, 0.29) is 0 Å². The van der Waals surface area contributed by atoms with Gasteiger partial charge in [-0.25, -0.2) is 4.79 Å². The van der Waals surface area contributed by atoms with Crippen LogP contribution in [0.5, 0.6) is 5.75 Å². The minimum absolute atomic E-state index is 0.427. The molecule has 0 saturated heterocycles. The van der Waals surface area contributed by atoms with Crippen LogP contribution in [0.25, 0.3) is 0 Å². The molecule has 1 rings (SSSR count). The quantitative estimate of drug-likeness (QED) is 0.716. The van der Waals surface area contributed by atoms with Gasteiger partial charge in [-0.1, -0.05) is 12.1 Å². The smallest absolute Gasteiger partial charge is 0.409 e. The van der Waals surface area contributed by atoms with Crippen molar-refractivity contribution in [3.8, 4) is 5.75 Å². The van der Waals surface area contributed by atoms with Crippen LogP contribution in [0.4, 0.5) is 4.79 Å². The zero-order valence-corrected chi connectivity index (χ0v) is 7.04. The van der Waals surface area contributed by atoms with Crippen LogP contribution < -0.4 is 10.5 Å². The highest BCUT2D eigenvalue weighted by atomic mass is 35.5. The normalized spacial score (nSPS) is 9.42. The second kappa shape index (κ2) is 3.97. The van der Waals surface area contributed by atoms with Crippen LogP contribution in [-0.2, 0) is 5.88 Å². The number of primary amides is 1. The highest BCUT2D eigenvalue weighted by molar-refractivity contribution is 6.17. The van der Waals surface area contributed by atoms with E-state index in [4.69, 9.17) is 17.3 Å². The molecule has 1 amide bonds. The topological polar surface area (TPSA) is 52.3 Å². The van der Waals surface area contributed by atoms with Gasteiger partial charge in [0.15, 0.2) is 0 Å². The van der Waals surface area contributed by atoms with E-state index in [1.54, 1.807) is 24.3 Å². The van der Waals surface area contributed by atoms with Gasteiger partial charge in [-0.15, -0.1) is 11.6 Å². The number of carbonyl (C=O) groups is 1. The van der Waals surface area contributed by atoms with Gasteiger partial charge in [0.05, 0.1) is 0 Å². The lowest BCUT2D eigenvalue weighted by atomic mass is 10.2. The predicted molar refractivity (Wildman–Crippen MR) is 46.2 cm³/mol. The molecule has 0 heterocycles. The summed E-state index contributed by atoms with van der Waals surface area (Å²) in [5.41, 5.74) is 5.77. The molecule has 64 valence electrons. The van der Waals surface area contributed by atoms with Gasteiger partial charge in [0.2, 0.25) is 0 Å². The zero-order valence-electron chi connectivity index (χ0n) is 6.29. The minimum Gasteiger partial charge on any atom is -0.411 e.